The molecule has 5 atom stereocenters. The van der Waals surface area contributed by atoms with E-state index in [1.807, 2.05) is 0 Å². The highest BCUT2D eigenvalue weighted by Gasteiger charge is 2.44. The summed E-state index contributed by atoms with van der Waals surface area (Å²) < 4.78 is 23.3. The van der Waals surface area contributed by atoms with Gasteiger partial charge >= 0.3 is 7.60 Å². The third-order valence-corrected chi connectivity index (χ3v) is 6.33. The van der Waals surface area contributed by atoms with Gasteiger partial charge in [0.1, 0.15) is 42.2 Å². The van der Waals surface area contributed by atoms with Crippen molar-refractivity contribution in [1.29, 1.82) is 0 Å². The Hall–Kier alpha value is -2.07. The summed E-state index contributed by atoms with van der Waals surface area (Å²) in [7, 11) is -4.37. The maximum atomic E-state index is 11.0. The van der Waals surface area contributed by atoms with E-state index < -0.39 is 44.6 Å². The minimum atomic E-state index is -4.37. The molecule has 1 saturated heterocycles. The van der Waals surface area contributed by atoms with Crippen molar-refractivity contribution in [2.45, 2.75) is 69.3 Å². The SMILES string of the molecule is CC(O)C#Cc1nc(NC2CCCC2)c2ccn([C@@H]3O[C@H](COCP(=O)(O)O)[C@@H](O)[C@H]3O)c2n1. The molecule has 2 aliphatic rings. The van der Waals surface area contributed by atoms with Crippen LogP contribution in [0.2, 0.25) is 0 Å². The highest BCUT2D eigenvalue weighted by Crippen LogP contribution is 2.36. The first kappa shape index (κ1) is 25.0. The predicted octanol–water partition coefficient (Wildman–Crippen LogP) is 0.289. The van der Waals surface area contributed by atoms with Crippen molar-refractivity contribution in [2.24, 2.45) is 0 Å². The number of ether oxygens (including phenoxy) is 2. The Balaban J connectivity index is 1.63. The lowest BCUT2D eigenvalue weighted by Crippen LogP contribution is -2.33. The molecule has 13 heteroatoms. The van der Waals surface area contributed by atoms with Gasteiger partial charge in [-0.2, -0.15) is 0 Å². The molecule has 0 amide bonds. The average Bonchev–Trinajstić information content (AvgIpc) is 3.48. The second kappa shape index (κ2) is 10.3. The van der Waals surface area contributed by atoms with Crippen molar-refractivity contribution in [3.8, 4) is 11.8 Å². The summed E-state index contributed by atoms with van der Waals surface area (Å²) >= 11 is 0. The fraction of sp³-hybridized carbons (Fsp3) is 0.619. The van der Waals surface area contributed by atoms with Crippen molar-refractivity contribution >= 4 is 24.4 Å². The quantitative estimate of drug-likeness (QED) is 0.229. The van der Waals surface area contributed by atoms with Gasteiger partial charge in [0, 0.05) is 12.2 Å². The number of rotatable bonds is 7. The van der Waals surface area contributed by atoms with Crippen LogP contribution in [-0.2, 0) is 14.0 Å². The normalized spacial score (nSPS) is 26.5. The van der Waals surface area contributed by atoms with E-state index in [4.69, 9.17) is 19.3 Å². The lowest BCUT2D eigenvalue weighted by atomic mass is 10.1. The molecule has 0 aromatic carbocycles. The maximum absolute atomic E-state index is 11.0. The van der Waals surface area contributed by atoms with Crippen LogP contribution in [0, 0.1) is 11.8 Å². The second-order valence-electron chi connectivity index (χ2n) is 8.64. The predicted molar refractivity (Wildman–Crippen MR) is 121 cm³/mol. The molecule has 0 bridgehead atoms. The van der Waals surface area contributed by atoms with E-state index in [2.05, 4.69) is 27.1 Å². The van der Waals surface area contributed by atoms with Crippen LogP contribution >= 0.6 is 7.60 Å². The molecule has 1 aliphatic carbocycles. The third-order valence-electron chi connectivity index (χ3n) is 5.81. The Labute approximate surface area is 196 Å². The molecule has 6 N–H and O–H groups in total. The van der Waals surface area contributed by atoms with Gasteiger partial charge in [0.25, 0.3) is 0 Å². The molecule has 3 heterocycles. The highest BCUT2D eigenvalue weighted by molar-refractivity contribution is 7.51. The first-order valence-corrected chi connectivity index (χ1v) is 12.9. The zero-order chi connectivity index (χ0) is 24.5. The third kappa shape index (κ3) is 5.76. The maximum Gasteiger partial charge on any atom is 0.350 e. The zero-order valence-corrected chi connectivity index (χ0v) is 19.5. The van der Waals surface area contributed by atoms with Crippen LogP contribution in [0.15, 0.2) is 12.3 Å². The molecule has 186 valence electrons. The smallest absolute Gasteiger partial charge is 0.350 e. The molecular weight excluding hydrogens is 467 g/mol. The molecule has 2 aromatic rings. The van der Waals surface area contributed by atoms with Crippen molar-refractivity contribution in [3.63, 3.8) is 0 Å². The molecule has 34 heavy (non-hydrogen) atoms. The number of nitrogens with one attached hydrogen (secondary N) is 1. The molecule has 0 radical (unpaired) electrons. The Bertz CT molecular complexity index is 1120. The van der Waals surface area contributed by atoms with Crippen LogP contribution in [0.1, 0.15) is 44.7 Å². The summed E-state index contributed by atoms with van der Waals surface area (Å²) in [4.78, 5) is 26.9. The Morgan fingerprint density at radius 3 is 2.71 bits per heavy atom. The van der Waals surface area contributed by atoms with Crippen molar-refractivity contribution in [2.75, 3.05) is 18.3 Å². The number of aliphatic hydroxyl groups is 3. The van der Waals surface area contributed by atoms with Gasteiger partial charge in [0.2, 0.25) is 5.82 Å². The largest absolute Gasteiger partial charge is 0.387 e. The summed E-state index contributed by atoms with van der Waals surface area (Å²) in [5.74, 6) is 6.15. The Morgan fingerprint density at radius 2 is 2.03 bits per heavy atom. The molecule has 1 unspecified atom stereocenters. The van der Waals surface area contributed by atoms with E-state index in [1.54, 1.807) is 16.8 Å². The van der Waals surface area contributed by atoms with Gasteiger partial charge in [-0.05, 0) is 31.8 Å². The molecule has 1 saturated carbocycles. The second-order valence-corrected chi connectivity index (χ2v) is 10.2. The van der Waals surface area contributed by atoms with Gasteiger partial charge in [0.05, 0.1) is 12.0 Å². The van der Waals surface area contributed by atoms with Crippen LogP contribution in [0.3, 0.4) is 0 Å². The van der Waals surface area contributed by atoms with E-state index in [9.17, 15) is 19.9 Å². The Kier molecular flexibility index (Phi) is 7.57. The first-order valence-electron chi connectivity index (χ1n) is 11.1. The molecule has 2 aromatic heterocycles. The number of aliphatic hydroxyl groups excluding tert-OH is 3. The van der Waals surface area contributed by atoms with E-state index in [0.717, 1.165) is 25.7 Å². The van der Waals surface area contributed by atoms with Gasteiger partial charge in [-0.3, -0.25) is 4.57 Å². The number of nitrogens with zero attached hydrogens (tertiary/aromatic N) is 3. The summed E-state index contributed by atoms with van der Waals surface area (Å²) in [6, 6.07) is 2.04. The summed E-state index contributed by atoms with van der Waals surface area (Å²) in [5.41, 5.74) is 0.415. The lowest BCUT2D eigenvalue weighted by molar-refractivity contribution is -0.0610. The number of anilines is 1. The van der Waals surface area contributed by atoms with Crippen LogP contribution < -0.4 is 5.32 Å². The standard InChI is InChI=1S/C21H29N4O8P/c1-12(26)6-7-16-23-19(22-13-4-2-3-5-13)14-8-9-25(20(14)24-16)21-18(28)17(27)15(33-21)10-32-11-34(29,30)31/h8-9,12-13,15,17-18,21,26-28H,2-5,10-11H2,1H3,(H,22,23,24)(H2,29,30,31)/t12?,15-,17-,18-,21-/m1/s1. The average molecular weight is 496 g/mol. The summed E-state index contributed by atoms with van der Waals surface area (Å²) in [6.07, 6.45) is -0.423. The van der Waals surface area contributed by atoms with E-state index in [0.29, 0.717) is 16.9 Å². The fourth-order valence-electron chi connectivity index (χ4n) is 4.22. The topological polar surface area (TPSA) is 179 Å². The van der Waals surface area contributed by atoms with Crippen molar-refractivity contribution < 1.29 is 39.1 Å². The van der Waals surface area contributed by atoms with E-state index >= 15 is 0 Å². The minimum absolute atomic E-state index is 0.184. The molecule has 0 spiro atoms. The minimum Gasteiger partial charge on any atom is -0.387 e. The van der Waals surface area contributed by atoms with Crippen molar-refractivity contribution in [3.05, 3.63) is 18.1 Å². The van der Waals surface area contributed by atoms with E-state index in [1.165, 1.54) is 6.92 Å². The van der Waals surface area contributed by atoms with Gasteiger partial charge in [-0.25, -0.2) is 9.97 Å². The molecule has 1 aliphatic heterocycles. The highest BCUT2D eigenvalue weighted by atomic mass is 31.2. The van der Waals surface area contributed by atoms with Crippen LogP contribution in [-0.4, -0.2) is 83.1 Å². The zero-order valence-electron chi connectivity index (χ0n) is 18.6. The summed E-state index contributed by atoms with van der Waals surface area (Å²) in [6.45, 7) is 1.22. The van der Waals surface area contributed by atoms with Crippen LogP contribution in [0.4, 0.5) is 5.82 Å². The van der Waals surface area contributed by atoms with E-state index in [-0.39, 0.29) is 18.5 Å². The van der Waals surface area contributed by atoms with Gasteiger partial charge in [0.15, 0.2) is 6.23 Å². The number of hydrogen-bond donors (Lipinski definition) is 6. The van der Waals surface area contributed by atoms with Gasteiger partial charge in [-0.15, -0.1) is 0 Å². The fourth-order valence-corrected chi connectivity index (χ4v) is 4.56. The first-order chi connectivity index (χ1) is 16.1. The molecule has 4 rings (SSSR count). The molecule has 2 fully saturated rings. The number of fused-ring (bicyclic) bond motifs is 1. The van der Waals surface area contributed by atoms with Gasteiger partial charge in [-0.1, -0.05) is 18.8 Å². The van der Waals surface area contributed by atoms with Gasteiger partial charge < -0.3 is 44.5 Å². The molecular formula is C21H29N4O8P. The Morgan fingerprint density at radius 1 is 1.29 bits per heavy atom. The van der Waals surface area contributed by atoms with Crippen LogP contribution in [0.5, 0.6) is 0 Å². The summed E-state index contributed by atoms with van der Waals surface area (Å²) in [5, 5.41) is 34.7. The number of aromatic nitrogens is 3. The monoisotopic (exact) mass is 496 g/mol. The molecule has 12 nitrogen and oxygen atoms in total. The number of hydrogen-bond acceptors (Lipinski definition) is 9. The van der Waals surface area contributed by atoms with Crippen LogP contribution in [0.25, 0.3) is 11.0 Å². The lowest BCUT2D eigenvalue weighted by Gasteiger charge is -2.18. The van der Waals surface area contributed by atoms with Crippen molar-refractivity contribution in [1.82, 2.24) is 14.5 Å².